The zero-order valence-electron chi connectivity index (χ0n) is 38.1. The Labute approximate surface area is 354 Å². The van der Waals surface area contributed by atoms with E-state index in [1.165, 1.54) is 180 Å². The molecule has 0 spiro atoms. The number of carbonyl (C=O) groups is 2. The summed E-state index contributed by atoms with van der Waals surface area (Å²) >= 11 is 0. The lowest BCUT2D eigenvalue weighted by Gasteiger charge is -2.20. The molecule has 0 saturated heterocycles. The molecule has 1 amide bonds. The molecule has 2 unspecified atom stereocenters. The first-order chi connectivity index (χ1) is 28.0. The summed E-state index contributed by atoms with van der Waals surface area (Å²) in [4.78, 5) is 24.4. The highest BCUT2D eigenvalue weighted by atomic mass is 16.5. The Morgan fingerprint density at radius 2 is 0.825 bits per heavy atom. The van der Waals surface area contributed by atoms with Crippen LogP contribution in [0.1, 0.15) is 264 Å². The number of hydrogen-bond acceptors (Lipinski definition) is 5. The SMILES string of the molecule is CCCCCCCCC/C=C\CCCCCCCC(=O)OCCCCCCCCCCCCCCCCCC(=O)NC(CO)C(O)/C=C/CCCCCCCCC. The average Bonchev–Trinajstić information content (AvgIpc) is 3.21. The molecule has 0 aliphatic carbocycles. The van der Waals surface area contributed by atoms with E-state index in [0.717, 1.165) is 57.8 Å². The minimum atomic E-state index is -0.847. The lowest BCUT2D eigenvalue weighted by molar-refractivity contribution is -0.143. The summed E-state index contributed by atoms with van der Waals surface area (Å²) in [5.74, 6) is -0.0884. The molecule has 0 fully saturated rings. The molecule has 0 aliphatic rings. The van der Waals surface area contributed by atoms with Gasteiger partial charge in [-0.1, -0.05) is 218 Å². The second-order valence-electron chi connectivity index (χ2n) is 17.1. The number of carbonyl (C=O) groups excluding carboxylic acids is 2. The monoisotopic (exact) mass is 804 g/mol. The number of aliphatic hydroxyl groups is 2. The number of allylic oxidation sites excluding steroid dienone is 3. The number of esters is 1. The number of amides is 1. The van der Waals surface area contributed by atoms with Crippen LogP contribution < -0.4 is 5.32 Å². The minimum Gasteiger partial charge on any atom is -0.466 e. The molecule has 2 atom stereocenters. The van der Waals surface area contributed by atoms with E-state index < -0.39 is 12.1 Å². The van der Waals surface area contributed by atoms with Gasteiger partial charge in [-0.3, -0.25) is 9.59 Å². The zero-order valence-corrected chi connectivity index (χ0v) is 38.1. The van der Waals surface area contributed by atoms with Gasteiger partial charge in [-0.15, -0.1) is 0 Å². The lowest BCUT2D eigenvalue weighted by Crippen LogP contribution is -2.45. The Hall–Kier alpha value is -1.66. The predicted molar refractivity (Wildman–Crippen MR) is 246 cm³/mol. The van der Waals surface area contributed by atoms with Gasteiger partial charge in [-0.25, -0.2) is 0 Å². The van der Waals surface area contributed by atoms with Crippen molar-refractivity contribution < 1.29 is 24.5 Å². The maximum atomic E-state index is 12.4. The van der Waals surface area contributed by atoms with Crippen LogP contribution in [0, 0.1) is 0 Å². The van der Waals surface area contributed by atoms with Crippen LogP contribution in [0.4, 0.5) is 0 Å². The number of unbranched alkanes of at least 4 members (excludes halogenated alkanes) is 33. The van der Waals surface area contributed by atoms with E-state index >= 15 is 0 Å². The molecule has 6 heteroatoms. The van der Waals surface area contributed by atoms with Crippen molar-refractivity contribution in [2.45, 2.75) is 276 Å². The van der Waals surface area contributed by atoms with E-state index in [2.05, 4.69) is 31.3 Å². The second kappa shape index (κ2) is 47.0. The zero-order chi connectivity index (χ0) is 41.5. The van der Waals surface area contributed by atoms with Gasteiger partial charge in [0.2, 0.25) is 5.91 Å². The van der Waals surface area contributed by atoms with Gasteiger partial charge in [0.25, 0.3) is 0 Å². The van der Waals surface area contributed by atoms with E-state index in [-0.39, 0.29) is 18.5 Å². The van der Waals surface area contributed by atoms with Crippen LogP contribution in [0.3, 0.4) is 0 Å². The summed E-state index contributed by atoms with van der Waals surface area (Å²) in [6.45, 7) is 4.85. The molecule has 57 heavy (non-hydrogen) atoms. The Balaban J connectivity index is 3.43. The highest BCUT2D eigenvalue weighted by molar-refractivity contribution is 5.76. The molecule has 0 heterocycles. The fraction of sp³-hybridized carbons (Fsp3) is 0.882. The quantitative estimate of drug-likeness (QED) is 0.0324. The number of aliphatic hydroxyl groups excluding tert-OH is 2. The lowest BCUT2D eigenvalue weighted by atomic mass is 10.0. The van der Waals surface area contributed by atoms with Crippen molar-refractivity contribution in [1.29, 1.82) is 0 Å². The summed E-state index contributed by atoms with van der Waals surface area (Å²) in [6, 6.07) is -0.632. The van der Waals surface area contributed by atoms with E-state index in [9.17, 15) is 19.8 Å². The maximum absolute atomic E-state index is 12.4. The summed E-state index contributed by atoms with van der Waals surface area (Å²) < 4.78 is 5.46. The fourth-order valence-electron chi connectivity index (χ4n) is 7.57. The van der Waals surface area contributed by atoms with Gasteiger partial charge >= 0.3 is 5.97 Å². The van der Waals surface area contributed by atoms with E-state index in [0.29, 0.717) is 19.4 Å². The maximum Gasteiger partial charge on any atom is 0.305 e. The number of ether oxygens (including phenoxy) is 1. The Morgan fingerprint density at radius 1 is 0.474 bits per heavy atom. The summed E-state index contributed by atoms with van der Waals surface area (Å²) in [6.07, 6.45) is 54.6. The molecule has 6 nitrogen and oxygen atoms in total. The smallest absolute Gasteiger partial charge is 0.305 e. The van der Waals surface area contributed by atoms with Crippen LogP contribution >= 0.6 is 0 Å². The van der Waals surface area contributed by atoms with Gasteiger partial charge < -0.3 is 20.3 Å². The first kappa shape index (κ1) is 55.3. The largest absolute Gasteiger partial charge is 0.466 e. The average molecular weight is 804 g/mol. The molecule has 336 valence electrons. The van der Waals surface area contributed by atoms with Gasteiger partial charge in [-0.05, 0) is 57.8 Å². The predicted octanol–water partition coefficient (Wildman–Crippen LogP) is 14.7. The first-order valence-electron chi connectivity index (χ1n) is 25.1. The highest BCUT2D eigenvalue weighted by Crippen LogP contribution is 2.15. The van der Waals surface area contributed by atoms with Crippen LogP contribution in [0.5, 0.6) is 0 Å². The van der Waals surface area contributed by atoms with Crippen molar-refractivity contribution in [3.63, 3.8) is 0 Å². The molecule has 0 radical (unpaired) electrons. The number of rotatable bonds is 46. The molecular formula is C51H97NO5. The van der Waals surface area contributed by atoms with Crippen LogP contribution in [-0.2, 0) is 14.3 Å². The van der Waals surface area contributed by atoms with Crippen molar-refractivity contribution in [1.82, 2.24) is 5.32 Å². The van der Waals surface area contributed by atoms with Crippen LogP contribution in [-0.4, -0.2) is 47.4 Å². The first-order valence-corrected chi connectivity index (χ1v) is 25.1. The number of nitrogens with one attached hydrogen (secondary N) is 1. The standard InChI is InChI=1S/C51H97NO5/c1-3-5-7-9-11-13-14-15-16-19-22-25-29-33-37-41-45-51(56)57-46-42-38-34-30-26-23-20-17-18-21-24-28-32-36-40-44-50(55)52-48(47-53)49(54)43-39-35-31-27-12-10-8-6-4-2/h16,19,39,43,48-49,53-54H,3-15,17-18,20-38,40-42,44-47H2,1-2H3,(H,52,55)/b19-16-,43-39+. The molecule has 3 N–H and O–H groups in total. The third kappa shape index (κ3) is 43.7. The third-order valence-electron chi connectivity index (χ3n) is 11.5. The van der Waals surface area contributed by atoms with Crippen molar-refractivity contribution in [2.75, 3.05) is 13.2 Å². The van der Waals surface area contributed by atoms with E-state index in [1.54, 1.807) is 6.08 Å². The Bertz CT molecular complexity index is 889. The molecule has 0 aromatic heterocycles. The van der Waals surface area contributed by atoms with Crippen LogP contribution in [0.15, 0.2) is 24.3 Å². The van der Waals surface area contributed by atoms with Crippen molar-refractivity contribution >= 4 is 11.9 Å². The van der Waals surface area contributed by atoms with E-state index in [1.807, 2.05) is 6.08 Å². The van der Waals surface area contributed by atoms with Gasteiger partial charge in [-0.2, -0.15) is 0 Å². The topological polar surface area (TPSA) is 95.9 Å². The molecule has 0 saturated carbocycles. The Morgan fingerprint density at radius 3 is 1.25 bits per heavy atom. The molecule has 0 aliphatic heterocycles. The van der Waals surface area contributed by atoms with Crippen molar-refractivity contribution in [2.24, 2.45) is 0 Å². The van der Waals surface area contributed by atoms with Crippen molar-refractivity contribution in [3.8, 4) is 0 Å². The normalized spacial score (nSPS) is 12.8. The summed E-state index contributed by atoms with van der Waals surface area (Å²) in [5.41, 5.74) is 0. The van der Waals surface area contributed by atoms with Gasteiger partial charge in [0.15, 0.2) is 0 Å². The van der Waals surface area contributed by atoms with Gasteiger partial charge in [0.05, 0.1) is 25.4 Å². The fourth-order valence-corrected chi connectivity index (χ4v) is 7.57. The van der Waals surface area contributed by atoms with E-state index in [4.69, 9.17) is 4.74 Å². The van der Waals surface area contributed by atoms with Crippen LogP contribution in [0.2, 0.25) is 0 Å². The number of hydrogen-bond donors (Lipinski definition) is 3. The summed E-state index contributed by atoms with van der Waals surface area (Å²) in [5, 5.41) is 22.9. The second-order valence-corrected chi connectivity index (χ2v) is 17.1. The van der Waals surface area contributed by atoms with Gasteiger partial charge in [0.1, 0.15) is 0 Å². The molecule has 0 rings (SSSR count). The third-order valence-corrected chi connectivity index (χ3v) is 11.5. The Kier molecular flexibility index (Phi) is 45.7. The van der Waals surface area contributed by atoms with Crippen molar-refractivity contribution in [3.05, 3.63) is 24.3 Å². The van der Waals surface area contributed by atoms with Gasteiger partial charge in [0, 0.05) is 12.8 Å². The minimum absolute atomic E-state index is 0.00857. The molecule has 0 aromatic rings. The summed E-state index contributed by atoms with van der Waals surface area (Å²) in [7, 11) is 0. The molecule has 0 bridgehead atoms. The molecule has 0 aromatic carbocycles. The highest BCUT2D eigenvalue weighted by Gasteiger charge is 2.18. The molecular weight excluding hydrogens is 707 g/mol. The van der Waals surface area contributed by atoms with Crippen LogP contribution in [0.25, 0.3) is 0 Å².